The third-order valence-corrected chi connectivity index (χ3v) is 2.58. The summed E-state index contributed by atoms with van der Waals surface area (Å²) < 4.78 is 0. The highest BCUT2D eigenvalue weighted by molar-refractivity contribution is 4.94. The molecule has 1 fully saturated rings. The Hall–Kier alpha value is -0.340. The van der Waals surface area contributed by atoms with E-state index in [9.17, 15) is 0 Å². The van der Waals surface area contributed by atoms with E-state index in [2.05, 4.69) is 37.2 Å². The van der Waals surface area contributed by atoms with Crippen LogP contribution in [0, 0.1) is 5.92 Å². The maximum absolute atomic E-state index is 3.48. The maximum Gasteiger partial charge on any atom is 0.0137 e. The SMILES string of the molecule is CC(C)=CCNCC1CCN(C)C1. The minimum atomic E-state index is 0.871. The number of nitrogens with one attached hydrogen (secondary N) is 1. The summed E-state index contributed by atoms with van der Waals surface area (Å²) >= 11 is 0. The van der Waals surface area contributed by atoms with Crippen molar-refractivity contribution in [2.45, 2.75) is 20.3 Å². The zero-order valence-corrected chi connectivity index (χ0v) is 9.14. The third-order valence-electron chi connectivity index (χ3n) is 2.58. The number of allylic oxidation sites excluding steroid dienone is 1. The Bertz CT molecular complexity index is 171. The fourth-order valence-electron chi connectivity index (χ4n) is 1.76. The van der Waals surface area contributed by atoms with Crippen molar-refractivity contribution >= 4 is 0 Å². The van der Waals surface area contributed by atoms with Crippen LogP contribution in [-0.2, 0) is 0 Å². The van der Waals surface area contributed by atoms with Gasteiger partial charge in [-0.2, -0.15) is 0 Å². The van der Waals surface area contributed by atoms with Crippen molar-refractivity contribution < 1.29 is 0 Å². The number of hydrogen-bond donors (Lipinski definition) is 1. The van der Waals surface area contributed by atoms with Gasteiger partial charge in [0.25, 0.3) is 0 Å². The van der Waals surface area contributed by atoms with E-state index in [1.807, 2.05) is 0 Å². The van der Waals surface area contributed by atoms with Crippen LogP contribution in [0.4, 0.5) is 0 Å². The molecule has 1 aliphatic rings. The molecular formula is C11H22N2. The first-order valence-corrected chi connectivity index (χ1v) is 5.21. The van der Waals surface area contributed by atoms with E-state index in [0.717, 1.165) is 12.5 Å². The van der Waals surface area contributed by atoms with Gasteiger partial charge >= 0.3 is 0 Å². The van der Waals surface area contributed by atoms with Gasteiger partial charge in [0.05, 0.1) is 0 Å². The summed E-state index contributed by atoms with van der Waals surface area (Å²) in [5.41, 5.74) is 1.40. The van der Waals surface area contributed by atoms with Crippen molar-refractivity contribution in [2.75, 3.05) is 33.2 Å². The summed E-state index contributed by atoms with van der Waals surface area (Å²) in [5, 5.41) is 3.48. The van der Waals surface area contributed by atoms with Crippen molar-refractivity contribution in [1.29, 1.82) is 0 Å². The molecule has 0 amide bonds. The molecule has 1 unspecified atom stereocenters. The fourth-order valence-corrected chi connectivity index (χ4v) is 1.76. The van der Waals surface area contributed by atoms with E-state index in [-0.39, 0.29) is 0 Å². The highest BCUT2D eigenvalue weighted by Crippen LogP contribution is 2.12. The van der Waals surface area contributed by atoms with Crippen molar-refractivity contribution in [2.24, 2.45) is 5.92 Å². The molecule has 0 bridgehead atoms. The molecule has 0 aromatic rings. The van der Waals surface area contributed by atoms with E-state index in [1.165, 1.54) is 31.6 Å². The lowest BCUT2D eigenvalue weighted by Crippen LogP contribution is -2.25. The van der Waals surface area contributed by atoms with Crippen LogP contribution in [0.25, 0.3) is 0 Å². The predicted octanol–water partition coefficient (Wildman–Crippen LogP) is 1.49. The van der Waals surface area contributed by atoms with Crippen LogP contribution in [0.15, 0.2) is 11.6 Å². The summed E-state index contributed by atoms with van der Waals surface area (Å²) in [5.74, 6) is 0.871. The van der Waals surface area contributed by atoms with E-state index in [0.29, 0.717) is 0 Å². The first-order chi connectivity index (χ1) is 6.18. The molecule has 0 aromatic carbocycles. The van der Waals surface area contributed by atoms with Crippen molar-refractivity contribution in [3.05, 3.63) is 11.6 Å². The predicted molar refractivity (Wildman–Crippen MR) is 57.9 cm³/mol. The Labute approximate surface area is 82.0 Å². The van der Waals surface area contributed by atoms with Gasteiger partial charge in [0, 0.05) is 13.1 Å². The van der Waals surface area contributed by atoms with Crippen LogP contribution in [0.1, 0.15) is 20.3 Å². The summed E-state index contributed by atoms with van der Waals surface area (Å²) in [6.45, 7) is 9.03. The van der Waals surface area contributed by atoms with Gasteiger partial charge < -0.3 is 10.2 Å². The zero-order chi connectivity index (χ0) is 9.68. The Balaban J connectivity index is 2.03. The third kappa shape index (κ3) is 4.44. The highest BCUT2D eigenvalue weighted by atomic mass is 15.1. The standard InChI is InChI=1S/C11H22N2/c1-10(2)4-6-12-8-11-5-7-13(3)9-11/h4,11-12H,5-9H2,1-3H3. The molecule has 0 aliphatic carbocycles. The zero-order valence-electron chi connectivity index (χ0n) is 9.14. The molecule has 1 heterocycles. The quantitative estimate of drug-likeness (QED) is 0.523. The number of rotatable bonds is 4. The summed E-state index contributed by atoms with van der Waals surface area (Å²) in [6.07, 6.45) is 3.61. The van der Waals surface area contributed by atoms with Gasteiger partial charge in [0.15, 0.2) is 0 Å². The molecule has 0 spiro atoms. The van der Waals surface area contributed by atoms with Gasteiger partial charge in [-0.1, -0.05) is 11.6 Å². The van der Waals surface area contributed by atoms with Crippen LogP contribution < -0.4 is 5.32 Å². The lowest BCUT2D eigenvalue weighted by Gasteiger charge is -2.10. The molecule has 0 aromatic heterocycles. The van der Waals surface area contributed by atoms with Crippen LogP contribution in [0.5, 0.6) is 0 Å². The van der Waals surface area contributed by atoms with E-state index in [1.54, 1.807) is 0 Å². The Morgan fingerprint density at radius 3 is 2.85 bits per heavy atom. The minimum absolute atomic E-state index is 0.871. The van der Waals surface area contributed by atoms with E-state index in [4.69, 9.17) is 0 Å². The molecule has 1 saturated heterocycles. The van der Waals surface area contributed by atoms with Crippen molar-refractivity contribution in [3.8, 4) is 0 Å². The van der Waals surface area contributed by atoms with Gasteiger partial charge in [-0.3, -0.25) is 0 Å². The molecule has 1 rings (SSSR count). The molecule has 2 nitrogen and oxygen atoms in total. The lowest BCUT2D eigenvalue weighted by molar-refractivity contribution is 0.390. The second-order valence-corrected chi connectivity index (χ2v) is 4.36. The average molecular weight is 182 g/mol. The molecule has 0 saturated carbocycles. The van der Waals surface area contributed by atoms with Crippen LogP contribution in [0.2, 0.25) is 0 Å². The molecule has 1 aliphatic heterocycles. The molecular weight excluding hydrogens is 160 g/mol. The molecule has 13 heavy (non-hydrogen) atoms. The van der Waals surface area contributed by atoms with Crippen molar-refractivity contribution in [3.63, 3.8) is 0 Å². The van der Waals surface area contributed by atoms with Gasteiger partial charge in [0.2, 0.25) is 0 Å². The smallest absolute Gasteiger partial charge is 0.0137 e. The number of likely N-dealkylation sites (tertiary alicyclic amines) is 1. The van der Waals surface area contributed by atoms with Crippen LogP contribution in [-0.4, -0.2) is 38.1 Å². The summed E-state index contributed by atoms with van der Waals surface area (Å²) in [7, 11) is 2.20. The first-order valence-electron chi connectivity index (χ1n) is 5.21. The average Bonchev–Trinajstić information content (AvgIpc) is 2.45. The summed E-state index contributed by atoms with van der Waals surface area (Å²) in [4.78, 5) is 2.41. The van der Waals surface area contributed by atoms with Crippen LogP contribution in [0.3, 0.4) is 0 Å². The molecule has 76 valence electrons. The maximum atomic E-state index is 3.48. The van der Waals surface area contributed by atoms with Crippen molar-refractivity contribution in [1.82, 2.24) is 10.2 Å². The summed E-state index contributed by atoms with van der Waals surface area (Å²) in [6, 6.07) is 0. The van der Waals surface area contributed by atoms with Crippen LogP contribution >= 0.6 is 0 Å². The van der Waals surface area contributed by atoms with Gasteiger partial charge in [-0.25, -0.2) is 0 Å². The van der Waals surface area contributed by atoms with Gasteiger partial charge in [-0.15, -0.1) is 0 Å². The van der Waals surface area contributed by atoms with E-state index < -0.39 is 0 Å². The fraction of sp³-hybridized carbons (Fsp3) is 0.818. The molecule has 1 N–H and O–H groups in total. The number of nitrogens with zero attached hydrogens (tertiary/aromatic N) is 1. The Kier molecular flexibility index (Phi) is 4.46. The molecule has 1 atom stereocenters. The lowest BCUT2D eigenvalue weighted by atomic mass is 10.1. The first kappa shape index (κ1) is 10.7. The normalized spacial score (nSPS) is 23.5. The Morgan fingerprint density at radius 1 is 1.54 bits per heavy atom. The second kappa shape index (κ2) is 5.40. The molecule has 0 radical (unpaired) electrons. The molecule has 2 heteroatoms. The number of hydrogen-bond acceptors (Lipinski definition) is 2. The van der Waals surface area contributed by atoms with Gasteiger partial charge in [-0.05, 0) is 46.3 Å². The topological polar surface area (TPSA) is 15.3 Å². The largest absolute Gasteiger partial charge is 0.313 e. The Morgan fingerprint density at radius 2 is 2.31 bits per heavy atom. The van der Waals surface area contributed by atoms with Gasteiger partial charge in [0.1, 0.15) is 0 Å². The second-order valence-electron chi connectivity index (χ2n) is 4.36. The highest BCUT2D eigenvalue weighted by Gasteiger charge is 2.18. The minimum Gasteiger partial charge on any atom is -0.313 e. The van der Waals surface area contributed by atoms with E-state index >= 15 is 0 Å². The monoisotopic (exact) mass is 182 g/mol.